The molecule has 3 N–H and O–H groups in total. The Hall–Kier alpha value is -0.610. The summed E-state index contributed by atoms with van der Waals surface area (Å²) in [7, 11) is 0. The maximum absolute atomic E-state index is 11.7. The molecule has 0 aromatic heterocycles. The lowest BCUT2D eigenvalue weighted by molar-refractivity contribution is -0.130. The first-order valence-electron chi connectivity index (χ1n) is 6.73. The zero-order valence-electron chi connectivity index (χ0n) is 11.5. The van der Waals surface area contributed by atoms with Crippen molar-refractivity contribution in [2.24, 2.45) is 17.2 Å². The minimum Gasteiger partial charge on any atom is -0.302 e. The summed E-state index contributed by atoms with van der Waals surface area (Å²) in [5.74, 6) is 6.01. The van der Waals surface area contributed by atoms with Crippen LogP contribution in [0.5, 0.6) is 0 Å². The average molecular weight is 241 g/mol. The van der Waals surface area contributed by atoms with E-state index in [4.69, 9.17) is 5.84 Å². The third-order valence-corrected chi connectivity index (χ3v) is 3.88. The highest BCUT2D eigenvalue weighted by atomic mass is 16.2. The summed E-state index contributed by atoms with van der Waals surface area (Å²) in [5, 5.41) is 0. The van der Waals surface area contributed by atoms with Crippen molar-refractivity contribution in [3.63, 3.8) is 0 Å². The van der Waals surface area contributed by atoms with Crippen LogP contribution in [0.1, 0.15) is 46.5 Å². The molecule has 4 heteroatoms. The monoisotopic (exact) mass is 241 g/mol. The minimum atomic E-state index is -0.402. The fraction of sp³-hybridized carbons (Fsp3) is 0.923. The predicted octanol–water partition coefficient (Wildman–Crippen LogP) is 1.51. The third-order valence-electron chi connectivity index (χ3n) is 3.88. The Morgan fingerprint density at radius 3 is 2.71 bits per heavy atom. The highest BCUT2D eigenvalue weighted by Crippen LogP contribution is 2.23. The molecule has 0 saturated carbocycles. The van der Waals surface area contributed by atoms with Gasteiger partial charge in [-0.3, -0.25) is 10.2 Å². The highest BCUT2D eigenvalue weighted by molar-refractivity contribution is 5.81. The molecule has 1 heterocycles. The molecule has 1 amide bonds. The van der Waals surface area contributed by atoms with Gasteiger partial charge in [-0.25, -0.2) is 5.84 Å². The van der Waals surface area contributed by atoms with Gasteiger partial charge < -0.3 is 4.90 Å². The van der Waals surface area contributed by atoms with Gasteiger partial charge in [-0.05, 0) is 52.1 Å². The zero-order valence-corrected chi connectivity index (χ0v) is 11.5. The summed E-state index contributed by atoms with van der Waals surface area (Å²) in [4.78, 5) is 14.1. The minimum absolute atomic E-state index is 0.0752. The number of likely N-dealkylation sites (tertiary alicyclic amines) is 1. The van der Waals surface area contributed by atoms with Gasteiger partial charge in [0.25, 0.3) is 0 Å². The highest BCUT2D eigenvalue weighted by Gasteiger charge is 2.30. The van der Waals surface area contributed by atoms with Gasteiger partial charge in [0.2, 0.25) is 5.91 Å². The molecule has 0 aromatic carbocycles. The molecule has 0 spiro atoms. The number of amides is 1. The molecule has 0 aromatic rings. The molecule has 1 fully saturated rings. The molecule has 1 rings (SSSR count). The average Bonchev–Trinajstić information content (AvgIpc) is 2.52. The van der Waals surface area contributed by atoms with Crippen molar-refractivity contribution in [3.8, 4) is 0 Å². The van der Waals surface area contributed by atoms with Crippen molar-refractivity contribution in [2.45, 2.75) is 46.5 Å². The first-order chi connectivity index (χ1) is 7.99. The number of rotatable bonds is 4. The Labute approximate surface area is 105 Å². The van der Waals surface area contributed by atoms with Gasteiger partial charge in [0.15, 0.2) is 0 Å². The van der Waals surface area contributed by atoms with Crippen LogP contribution in [0.3, 0.4) is 0 Å². The van der Waals surface area contributed by atoms with Gasteiger partial charge in [0.05, 0.1) is 5.41 Å². The summed E-state index contributed by atoms with van der Waals surface area (Å²) in [6.45, 7) is 9.20. The molecule has 0 radical (unpaired) electrons. The Balaban J connectivity index is 2.48. The molecule has 4 nitrogen and oxygen atoms in total. The van der Waals surface area contributed by atoms with Crippen LogP contribution in [0.15, 0.2) is 0 Å². The maximum Gasteiger partial charge on any atom is 0.240 e. The normalized spacial score (nSPS) is 23.2. The number of nitrogens with zero attached hydrogens (tertiary/aromatic N) is 1. The van der Waals surface area contributed by atoms with E-state index in [9.17, 15) is 4.79 Å². The molecule has 100 valence electrons. The van der Waals surface area contributed by atoms with Crippen molar-refractivity contribution in [1.82, 2.24) is 10.3 Å². The fourth-order valence-corrected chi connectivity index (χ4v) is 2.62. The van der Waals surface area contributed by atoms with Gasteiger partial charge in [-0.2, -0.15) is 0 Å². The molecular formula is C13H27N3O. The number of hydrogen-bond donors (Lipinski definition) is 2. The smallest absolute Gasteiger partial charge is 0.240 e. The van der Waals surface area contributed by atoms with Crippen LogP contribution in [0, 0.1) is 11.3 Å². The van der Waals surface area contributed by atoms with Crippen LogP contribution >= 0.6 is 0 Å². The van der Waals surface area contributed by atoms with Gasteiger partial charge >= 0.3 is 0 Å². The summed E-state index contributed by atoms with van der Waals surface area (Å²) in [5.41, 5.74) is 1.86. The van der Waals surface area contributed by atoms with Crippen LogP contribution in [-0.2, 0) is 4.79 Å². The van der Waals surface area contributed by atoms with E-state index < -0.39 is 5.41 Å². The Bertz CT molecular complexity index is 253. The van der Waals surface area contributed by atoms with Gasteiger partial charge in [-0.15, -0.1) is 0 Å². The lowest BCUT2D eigenvalue weighted by atomic mass is 9.91. The van der Waals surface area contributed by atoms with Crippen molar-refractivity contribution < 1.29 is 4.79 Å². The topological polar surface area (TPSA) is 58.4 Å². The van der Waals surface area contributed by atoms with E-state index >= 15 is 0 Å². The quantitative estimate of drug-likeness (QED) is 0.446. The number of hydrazine groups is 1. The Morgan fingerprint density at radius 2 is 2.12 bits per heavy atom. The van der Waals surface area contributed by atoms with E-state index in [2.05, 4.69) is 17.2 Å². The van der Waals surface area contributed by atoms with Crippen LogP contribution in [0.2, 0.25) is 0 Å². The van der Waals surface area contributed by atoms with E-state index in [0.29, 0.717) is 0 Å². The van der Waals surface area contributed by atoms with E-state index in [1.165, 1.54) is 25.7 Å². The molecule has 0 aliphatic carbocycles. The lowest BCUT2D eigenvalue weighted by Gasteiger charge is -2.30. The van der Waals surface area contributed by atoms with Crippen molar-refractivity contribution >= 4 is 5.91 Å². The van der Waals surface area contributed by atoms with E-state index in [0.717, 1.165) is 25.6 Å². The third kappa shape index (κ3) is 4.28. The molecule has 1 aliphatic heterocycles. The van der Waals surface area contributed by atoms with Crippen LogP contribution in [0.25, 0.3) is 0 Å². The van der Waals surface area contributed by atoms with Crippen molar-refractivity contribution in [1.29, 1.82) is 0 Å². The molecular weight excluding hydrogens is 214 g/mol. The van der Waals surface area contributed by atoms with Crippen LogP contribution in [0.4, 0.5) is 0 Å². The number of hydrogen-bond acceptors (Lipinski definition) is 3. The number of carbonyl (C=O) groups is 1. The number of nitrogens with two attached hydrogens (primary N) is 1. The second-order valence-corrected chi connectivity index (χ2v) is 5.84. The number of nitrogens with one attached hydrogen (secondary N) is 1. The first-order valence-corrected chi connectivity index (χ1v) is 6.73. The Kier molecular flexibility index (Phi) is 5.40. The van der Waals surface area contributed by atoms with E-state index in [1.54, 1.807) is 0 Å². The van der Waals surface area contributed by atoms with Gasteiger partial charge in [0.1, 0.15) is 0 Å². The van der Waals surface area contributed by atoms with Crippen LogP contribution < -0.4 is 11.3 Å². The maximum atomic E-state index is 11.7. The van der Waals surface area contributed by atoms with Gasteiger partial charge in [-0.1, -0.05) is 13.3 Å². The number of carbonyl (C=O) groups excluding carboxylic acids is 1. The second kappa shape index (κ2) is 6.36. The Morgan fingerprint density at radius 1 is 1.41 bits per heavy atom. The first kappa shape index (κ1) is 14.5. The zero-order chi connectivity index (χ0) is 12.9. The van der Waals surface area contributed by atoms with Crippen molar-refractivity contribution in [2.75, 3.05) is 19.6 Å². The molecule has 0 bridgehead atoms. The fourth-order valence-electron chi connectivity index (χ4n) is 2.62. The van der Waals surface area contributed by atoms with E-state index in [1.807, 2.05) is 13.8 Å². The second-order valence-electron chi connectivity index (χ2n) is 5.84. The molecule has 1 aliphatic rings. The SMILES string of the molecule is CCC1CCCN(CC(C)(C)C(=O)NN)CC1. The molecule has 17 heavy (non-hydrogen) atoms. The van der Waals surface area contributed by atoms with Crippen LogP contribution in [-0.4, -0.2) is 30.4 Å². The van der Waals surface area contributed by atoms with Crippen molar-refractivity contribution in [3.05, 3.63) is 0 Å². The molecule has 1 unspecified atom stereocenters. The largest absolute Gasteiger partial charge is 0.302 e. The van der Waals surface area contributed by atoms with Gasteiger partial charge in [0, 0.05) is 6.54 Å². The van der Waals surface area contributed by atoms with E-state index in [-0.39, 0.29) is 5.91 Å². The molecule has 1 saturated heterocycles. The standard InChI is InChI=1S/C13H27N3O/c1-4-11-6-5-8-16(9-7-11)10-13(2,3)12(17)15-14/h11H,4-10,14H2,1-3H3,(H,15,17). The molecule has 1 atom stereocenters. The summed E-state index contributed by atoms with van der Waals surface area (Å²) in [6, 6.07) is 0. The summed E-state index contributed by atoms with van der Waals surface area (Å²) in [6.07, 6.45) is 5.12. The summed E-state index contributed by atoms with van der Waals surface area (Å²) >= 11 is 0. The summed E-state index contributed by atoms with van der Waals surface area (Å²) < 4.78 is 0. The lowest BCUT2D eigenvalue weighted by Crippen LogP contribution is -2.47. The predicted molar refractivity (Wildman–Crippen MR) is 70.2 cm³/mol.